The molecule has 1 fully saturated rings. The summed E-state index contributed by atoms with van der Waals surface area (Å²) >= 11 is 0. The molecule has 1 amide bonds. The molecule has 1 saturated heterocycles. The zero-order valence-corrected chi connectivity index (χ0v) is 13.2. The molecule has 0 unspecified atom stereocenters. The molecule has 120 valence electrons. The maximum Gasteiger partial charge on any atom is 0.269 e. The quantitative estimate of drug-likeness (QED) is 0.617. The van der Waals surface area contributed by atoms with E-state index in [1.54, 1.807) is 12.1 Å². The van der Waals surface area contributed by atoms with Crippen molar-refractivity contribution in [3.8, 4) is 0 Å². The minimum atomic E-state index is -0.427. The summed E-state index contributed by atoms with van der Waals surface area (Å²) in [5.74, 6) is 0.0621. The molecular formula is C16H23N3O3. The van der Waals surface area contributed by atoms with E-state index in [0.29, 0.717) is 5.56 Å². The van der Waals surface area contributed by atoms with Gasteiger partial charge in [-0.3, -0.25) is 14.9 Å². The molecule has 1 atom stereocenters. The molecule has 0 N–H and O–H groups in total. The van der Waals surface area contributed by atoms with Crippen LogP contribution in [0.2, 0.25) is 0 Å². The predicted octanol–water partition coefficient (Wildman–Crippen LogP) is 2.08. The van der Waals surface area contributed by atoms with Crippen LogP contribution in [0.25, 0.3) is 0 Å². The molecule has 0 radical (unpaired) electrons. The van der Waals surface area contributed by atoms with Crippen LogP contribution in [0.5, 0.6) is 0 Å². The van der Waals surface area contributed by atoms with E-state index < -0.39 is 4.92 Å². The van der Waals surface area contributed by atoms with Crippen LogP contribution in [0.4, 0.5) is 5.69 Å². The van der Waals surface area contributed by atoms with Crippen molar-refractivity contribution in [2.75, 3.05) is 27.2 Å². The number of benzene rings is 1. The standard InChI is InChI=1S/C16H23N3O3/c1-17(2)12-15-7-3-4-9-18(15)16(20)11-13-6-5-8-14(10-13)19(21)22/h5-6,8,10,15H,3-4,7,9,11-12H2,1-2H3/t15-/m0/s1. The summed E-state index contributed by atoms with van der Waals surface area (Å²) in [5.41, 5.74) is 0.738. The van der Waals surface area contributed by atoms with Crippen LogP contribution in [-0.2, 0) is 11.2 Å². The van der Waals surface area contributed by atoms with Gasteiger partial charge < -0.3 is 9.80 Å². The molecule has 6 heteroatoms. The van der Waals surface area contributed by atoms with E-state index in [0.717, 1.165) is 32.4 Å². The second-order valence-electron chi connectivity index (χ2n) is 6.10. The fraction of sp³-hybridized carbons (Fsp3) is 0.562. The van der Waals surface area contributed by atoms with Gasteiger partial charge in [-0.1, -0.05) is 12.1 Å². The molecule has 0 saturated carbocycles. The van der Waals surface area contributed by atoms with Gasteiger partial charge in [0.15, 0.2) is 0 Å². The van der Waals surface area contributed by atoms with E-state index in [-0.39, 0.29) is 24.1 Å². The lowest BCUT2D eigenvalue weighted by Crippen LogP contribution is -2.48. The molecule has 1 aliphatic rings. The maximum absolute atomic E-state index is 12.6. The largest absolute Gasteiger partial charge is 0.338 e. The summed E-state index contributed by atoms with van der Waals surface area (Å²) in [6, 6.07) is 6.59. The van der Waals surface area contributed by atoms with Crippen LogP contribution in [0, 0.1) is 10.1 Å². The zero-order valence-electron chi connectivity index (χ0n) is 13.2. The van der Waals surface area contributed by atoms with Gasteiger partial charge in [-0.15, -0.1) is 0 Å². The van der Waals surface area contributed by atoms with Gasteiger partial charge in [0.25, 0.3) is 5.69 Å². The van der Waals surface area contributed by atoms with Gasteiger partial charge in [0, 0.05) is 31.3 Å². The number of nitro groups is 1. The summed E-state index contributed by atoms with van der Waals surface area (Å²) in [7, 11) is 4.02. The molecule has 1 aromatic carbocycles. The van der Waals surface area contributed by atoms with Crippen molar-refractivity contribution in [2.45, 2.75) is 31.7 Å². The molecule has 2 rings (SSSR count). The fourth-order valence-corrected chi connectivity index (χ4v) is 3.00. The lowest BCUT2D eigenvalue weighted by atomic mass is 10.00. The van der Waals surface area contributed by atoms with Crippen molar-refractivity contribution in [2.24, 2.45) is 0 Å². The Hall–Kier alpha value is -1.95. The number of likely N-dealkylation sites (N-methyl/N-ethyl adjacent to an activating group) is 1. The molecule has 6 nitrogen and oxygen atoms in total. The Morgan fingerprint density at radius 1 is 1.41 bits per heavy atom. The van der Waals surface area contributed by atoms with Crippen LogP contribution in [0.15, 0.2) is 24.3 Å². The first kappa shape index (κ1) is 16.4. The molecule has 0 aromatic heterocycles. The Morgan fingerprint density at radius 2 is 2.18 bits per heavy atom. The lowest BCUT2D eigenvalue weighted by Gasteiger charge is -2.37. The smallest absolute Gasteiger partial charge is 0.269 e. The Morgan fingerprint density at radius 3 is 2.86 bits per heavy atom. The number of amides is 1. The predicted molar refractivity (Wildman–Crippen MR) is 84.7 cm³/mol. The second kappa shape index (κ2) is 7.35. The first-order valence-corrected chi connectivity index (χ1v) is 7.65. The summed E-state index contributed by atoms with van der Waals surface area (Å²) < 4.78 is 0. The molecule has 22 heavy (non-hydrogen) atoms. The van der Waals surface area contributed by atoms with Crippen molar-refractivity contribution in [1.82, 2.24) is 9.80 Å². The molecule has 1 aromatic rings. The summed E-state index contributed by atoms with van der Waals surface area (Å²) in [6.45, 7) is 1.65. The number of rotatable bonds is 5. The first-order chi connectivity index (χ1) is 10.5. The first-order valence-electron chi connectivity index (χ1n) is 7.65. The van der Waals surface area contributed by atoms with Crippen LogP contribution >= 0.6 is 0 Å². The van der Waals surface area contributed by atoms with Gasteiger partial charge in [-0.05, 0) is 38.9 Å². The number of hydrogen-bond donors (Lipinski definition) is 0. The van der Waals surface area contributed by atoms with Crippen LogP contribution < -0.4 is 0 Å². The Balaban J connectivity index is 2.06. The van der Waals surface area contributed by atoms with Crippen molar-refractivity contribution >= 4 is 11.6 Å². The number of carbonyl (C=O) groups excluding carboxylic acids is 1. The van der Waals surface area contributed by atoms with Crippen molar-refractivity contribution in [1.29, 1.82) is 0 Å². The van der Waals surface area contributed by atoms with E-state index in [2.05, 4.69) is 4.90 Å². The van der Waals surface area contributed by atoms with Crippen LogP contribution in [0.3, 0.4) is 0 Å². The average molecular weight is 305 g/mol. The van der Waals surface area contributed by atoms with Gasteiger partial charge in [-0.25, -0.2) is 0 Å². The highest BCUT2D eigenvalue weighted by Gasteiger charge is 2.27. The number of likely N-dealkylation sites (tertiary alicyclic amines) is 1. The molecule has 1 aliphatic heterocycles. The van der Waals surface area contributed by atoms with Gasteiger partial charge in [0.1, 0.15) is 0 Å². The van der Waals surface area contributed by atoms with E-state index in [4.69, 9.17) is 0 Å². The van der Waals surface area contributed by atoms with Crippen LogP contribution in [0.1, 0.15) is 24.8 Å². The van der Waals surface area contributed by atoms with Gasteiger partial charge in [0.05, 0.1) is 11.3 Å². The zero-order chi connectivity index (χ0) is 16.1. The second-order valence-corrected chi connectivity index (χ2v) is 6.10. The average Bonchev–Trinajstić information content (AvgIpc) is 2.47. The number of nitrogens with zero attached hydrogens (tertiary/aromatic N) is 3. The van der Waals surface area contributed by atoms with Crippen molar-refractivity contribution < 1.29 is 9.72 Å². The summed E-state index contributed by atoms with van der Waals surface area (Å²) in [4.78, 5) is 27.0. The number of non-ortho nitro benzene ring substituents is 1. The Labute approximate surface area is 130 Å². The lowest BCUT2D eigenvalue weighted by molar-refractivity contribution is -0.384. The van der Waals surface area contributed by atoms with Crippen LogP contribution in [-0.4, -0.2) is 53.9 Å². The third-order valence-corrected chi connectivity index (χ3v) is 4.00. The Kier molecular flexibility index (Phi) is 5.49. The monoisotopic (exact) mass is 305 g/mol. The minimum Gasteiger partial charge on any atom is -0.338 e. The fourth-order valence-electron chi connectivity index (χ4n) is 3.00. The summed E-state index contributed by atoms with van der Waals surface area (Å²) in [5, 5.41) is 10.8. The van der Waals surface area contributed by atoms with Gasteiger partial charge in [0.2, 0.25) is 5.91 Å². The third kappa shape index (κ3) is 4.27. The summed E-state index contributed by atoms with van der Waals surface area (Å²) in [6.07, 6.45) is 3.44. The highest BCUT2D eigenvalue weighted by molar-refractivity contribution is 5.79. The van der Waals surface area contributed by atoms with E-state index >= 15 is 0 Å². The Bertz CT molecular complexity index is 545. The molecule has 1 heterocycles. The SMILES string of the molecule is CN(C)C[C@@H]1CCCCN1C(=O)Cc1cccc([N+](=O)[O-])c1. The number of nitro benzene ring substituents is 1. The number of hydrogen-bond acceptors (Lipinski definition) is 4. The van der Waals surface area contributed by atoms with E-state index in [9.17, 15) is 14.9 Å². The highest BCUT2D eigenvalue weighted by atomic mass is 16.6. The topological polar surface area (TPSA) is 66.7 Å². The molecule has 0 bridgehead atoms. The van der Waals surface area contributed by atoms with Gasteiger partial charge in [-0.2, -0.15) is 0 Å². The highest BCUT2D eigenvalue weighted by Crippen LogP contribution is 2.20. The van der Waals surface area contributed by atoms with Gasteiger partial charge >= 0.3 is 0 Å². The molecule has 0 aliphatic carbocycles. The van der Waals surface area contributed by atoms with E-state index in [1.807, 2.05) is 19.0 Å². The van der Waals surface area contributed by atoms with Crippen molar-refractivity contribution in [3.05, 3.63) is 39.9 Å². The third-order valence-electron chi connectivity index (χ3n) is 4.00. The number of piperidine rings is 1. The molecule has 0 spiro atoms. The number of carbonyl (C=O) groups is 1. The normalized spacial score (nSPS) is 18.5. The maximum atomic E-state index is 12.6. The molecular weight excluding hydrogens is 282 g/mol. The van der Waals surface area contributed by atoms with E-state index in [1.165, 1.54) is 12.1 Å². The minimum absolute atomic E-state index is 0.0359. The van der Waals surface area contributed by atoms with Crippen molar-refractivity contribution in [3.63, 3.8) is 0 Å².